The van der Waals surface area contributed by atoms with Crippen molar-refractivity contribution < 1.29 is 14.5 Å². The number of benzene rings is 1. The molecule has 1 aromatic carbocycles. The molecule has 0 aliphatic carbocycles. The SMILES string of the molecule is CC(C)Oc1cccnc1N(C)C1CCN(c2cc3cc([N+](=O)[O-])ccc3[nH]2)C(=C=O)C1. The number of fused-ring (bicyclic) bond motifs is 1. The van der Waals surface area contributed by atoms with Crippen LogP contribution in [0.3, 0.4) is 0 Å². The molecule has 1 saturated heterocycles. The van der Waals surface area contributed by atoms with Crippen molar-refractivity contribution in [2.24, 2.45) is 0 Å². The number of H-pyrrole nitrogens is 1. The molecule has 0 radical (unpaired) electrons. The van der Waals surface area contributed by atoms with Crippen LogP contribution in [0.25, 0.3) is 10.9 Å². The van der Waals surface area contributed by atoms with Gasteiger partial charge in [0.1, 0.15) is 17.5 Å². The lowest BCUT2D eigenvalue weighted by molar-refractivity contribution is -0.384. The van der Waals surface area contributed by atoms with Gasteiger partial charge in [-0.05, 0) is 44.5 Å². The van der Waals surface area contributed by atoms with Crippen LogP contribution in [0.5, 0.6) is 5.75 Å². The maximum Gasteiger partial charge on any atom is 0.270 e. The highest BCUT2D eigenvalue weighted by Crippen LogP contribution is 2.34. The Morgan fingerprint density at radius 1 is 1.34 bits per heavy atom. The molecule has 0 saturated carbocycles. The summed E-state index contributed by atoms with van der Waals surface area (Å²) >= 11 is 0. The molecule has 0 bridgehead atoms. The number of anilines is 2. The van der Waals surface area contributed by atoms with Gasteiger partial charge in [-0.15, -0.1) is 0 Å². The van der Waals surface area contributed by atoms with E-state index in [9.17, 15) is 14.9 Å². The molecule has 9 nitrogen and oxygen atoms in total. The molecule has 9 heteroatoms. The van der Waals surface area contributed by atoms with Crippen LogP contribution in [-0.2, 0) is 4.79 Å². The summed E-state index contributed by atoms with van der Waals surface area (Å²) in [5.41, 5.74) is 1.33. The van der Waals surface area contributed by atoms with E-state index in [2.05, 4.69) is 20.8 Å². The maximum atomic E-state index is 11.9. The Labute approximate surface area is 185 Å². The molecule has 1 aliphatic heterocycles. The lowest BCUT2D eigenvalue weighted by Crippen LogP contribution is -2.43. The molecule has 1 N–H and O–H groups in total. The van der Waals surface area contributed by atoms with Crippen LogP contribution in [0.15, 0.2) is 48.3 Å². The number of aromatic amines is 1. The van der Waals surface area contributed by atoms with Crippen LogP contribution in [0, 0.1) is 10.1 Å². The molecule has 3 heterocycles. The fourth-order valence-electron chi connectivity index (χ4n) is 4.07. The highest BCUT2D eigenvalue weighted by Gasteiger charge is 2.30. The first-order chi connectivity index (χ1) is 15.4. The number of carbonyl (C=O) groups excluding carboxylic acids is 1. The fourth-order valence-corrected chi connectivity index (χ4v) is 4.07. The van der Waals surface area contributed by atoms with E-state index in [1.54, 1.807) is 12.3 Å². The first-order valence-corrected chi connectivity index (χ1v) is 10.5. The van der Waals surface area contributed by atoms with Crippen molar-refractivity contribution in [2.45, 2.75) is 38.8 Å². The summed E-state index contributed by atoms with van der Waals surface area (Å²) in [6, 6.07) is 10.3. The molecule has 1 fully saturated rings. The van der Waals surface area contributed by atoms with Gasteiger partial charge in [0.2, 0.25) is 0 Å². The Hall–Kier alpha value is -3.84. The minimum atomic E-state index is -0.418. The lowest BCUT2D eigenvalue weighted by Gasteiger charge is -2.38. The largest absolute Gasteiger partial charge is 0.487 e. The molecule has 1 atom stereocenters. The predicted octanol–water partition coefficient (Wildman–Crippen LogP) is 4.08. The number of piperidine rings is 1. The Balaban J connectivity index is 1.56. The van der Waals surface area contributed by atoms with E-state index >= 15 is 0 Å². The van der Waals surface area contributed by atoms with Gasteiger partial charge < -0.3 is 19.5 Å². The number of nitro benzene ring substituents is 1. The van der Waals surface area contributed by atoms with Gasteiger partial charge in [0.25, 0.3) is 5.69 Å². The first-order valence-electron chi connectivity index (χ1n) is 10.5. The Morgan fingerprint density at radius 3 is 2.88 bits per heavy atom. The molecule has 0 spiro atoms. The van der Waals surface area contributed by atoms with Gasteiger partial charge in [-0.3, -0.25) is 10.1 Å². The van der Waals surface area contributed by atoms with Crippen LogP contribution >= 0.6 is 0 Å². The van der Waals surface area contributed by atoms with Gasteiger partial charge in [-0.2, -0.15) is 0 Å². The second-order valence-electron chi connectivity index (χ2n) is 8.13. The van der Waals surface area contributed by atoms with E-state index in [4.69, 9.17) is 4.74 Å². The molecule has 32 heavy (non-hydrogen) atoms. The summed E-state index contributed by atoms with van der Waals surface area (Å²) in [6.07, 6.45) is 3.03. The van der Waals surface area contributed by atoms with E-state index < -0.39 is 4.92 Å². The summed E-state index contributed by atoms with van der Waals surface area (Å²) < 4.78 is 5.91. The van der Waals surface area contributed by atoms with E-state index in [-0.39, 0.29) is 17.8 Å². The monoisotopic (exact) mass is 435 g/mol. The number of ether oxygens (including phenoxy) is 1. The Kier molecular flexibility index (Phi) is 5.83. The van der Waals surface area contributed by atoms with Crippen molar-refractivity contribution in [2.75, 3.05) is 23.4 Å². The standard InChI is InChI=1S/C23H25N5O4/c1-15(2)32-21-5-4-9-24-23(21)26(3)17-8-10-27(19(13-17)14-29)22-12-16-11-18(28(30)31)6-7-20(16)25-22/h4-7,9,11-12,15,17,25H,8,10,13H2,1-3H3. The number of rotatable bonds is 6. The van der Waals surface area contributed by atoms with Gasteiger partial charge in [-0.1, -0.05) is 0 Å². The molecule has 166 valence electrons. The lowest BCUT2D eigenvalue weighted by atomic mass is 10.0. The van der Waals surface area contributed by atoms with Crippen LogP contribution in [0.4, 0.5) is 17.3 Å². The number of non-ortho nitro benzene ring substituents is 1. The number of aromatic nitrogens is 2. The zero-order valence-electron chi connectivity index (χ0n) is 18.2. The third kappa shape index (κ3) is 4.15. The van der Waals surface area contributed by atoms with E-state index in [0.29, 0.717) is 24.4 Å². The number of nitro groups is 1. The highest BCUT2D eigenvalue weighted by atomic mass is 16.6. The summed E-state index contributed by atoms with van der Waals surface area (Å²) in [4.78, 5) is 34.2. The van der Waals surface area contributed by atoms with Crippen LogP contribution in [-0.4, -0.2) is 46.6 Å². The second kappa shape index (κ2) is 8.72. The topological polar surface area (TPSA) is 105 Å². The van der Waals surface area contributed by atoms with Crippen LogP contribution < -0.4 is 14.5 Å². The predicted molar refractivity (Wildman–Crippen MR) is 123 cm³/mol. The quantitative estimate of drug-likeness (QED) is 0.353. The molecule has 0 amide bonds. The smallest absolute Gasteiger partial charge is 0.270 e. The number of hydrogen-bond donors (Lipinski definition) is 1. The minimum Gasteiger partial charge on any atom is -0.487 e. The minimum absolute atomic E-state index is 0.0245. The van der Waals surface area contributed by atoms with Gasteiger partial charge in [0, 0.05) is 55.3 Å². The van der Waals surface area contributed by atoms with Crippen LogP contribution in [0.2, 0.25) is 0 Å². The number of nitrogens with one attached hydrogen (secondary N) is 1. The number of pyridine rings is 1. The summed E-state index contributed by atoms with van der Waals surface area (Å²) in [7, 11) is 1.96. The number of hydrogen-bond acceptors (Lipinski definition) is 7. The van der Waals surface area contributed by atoms with Crippen molar-refractivity contribution in [1.29, 1.82) is 0 Å². The van der Waals surface area contributed by atoms with Crippen molar-refractivity contribution in [3.8, 4) is 5.75 Å². The molecule has 2 aromatic heterocycles. The zero-order chi connectivity index (χ0) is 22.8. The van der Waals surface area contributed by atoms with Gasteiger partial charge in [0.05, 0.1) is 11.0 Å². The van der Waals surface area contributed by atoms with Crippen LogP contribution in [0.1, 0.15) is 26.7 Å². The van der Waals surface area contributed by atoms with Gasteiger partial charge in [-0.25, -0.2) is 9.78 Å². The summed E-state index contributed by atoms with van der Waals surface area (Å²) in [5.74, 6) is 4.27. The maximum absolute atomic E-state index is 11.9. The number of nitrogens with zero attached hydrogens (tertiary/aromatic N) is 4. The van der Waals surface area contributed by atoms with Crippen molar-refractivity contribution >= 4 is 34.2 Å². The van der Waals surface area contributed by atoms with E-state index in [1.807, 2.05) is 44.0 Å². The average molecular weight is 435 g/mol. The fraction of sp³-hybridized carbons (Fsp3) is 0.348. The van der Waals surface area contributed by atoms with Crippen molar-refractivity contribution in [1.82, 2.24) is 9.97 Å². The zero-order valence-corrected chi connectivity index (χ0v) is 18.2. The highest BCUT2D eigenvalue weighted by molar-refractivity contribution is 5.87. The molecule has 4 rings (SSSR count). The Morgan fingerprint density at radius 2 is 2.16 bits per heavy atom. The molecule has 1 aliphatic rings. The van der Waals surface area contributed by atoms with Gasteiger partial charge in [0.15, 0.2) is 11.6 Å². The first kappa shape index (κ1) is 21.4. The Bertz CT molecular complexity index is 1200. The van der Waals surface area contributed by atoms with Crippen molar-refractivity contribution in [3.05, 3.63) is 58.4 Å². The summed E-state index contributed by atoms with van der Waals surface area (Å²) in [5, 5.41) is 11.8. The second-order valence-corrected chi connectivity index (χ2v) is 8.13. The third-order valence-corrected chi connectivity index (χ3v) is 5.65. The molecule has 1 unspecified atom stereocenters. The average Bonchev–Trinajstić information content (AvgIpc) is 3.21. The molecular formula is C23H25N5O4. The summed E-state index contributed by atoms with van der Waals surface area (Å²) in [6.45, 7) is 4.54. The molecule has 3 aromatic rings. The third-order valence-electron chi connectivity index (χ3n) is 5.65. The van der Waals surface area contributed by atoms with E-state index in [0.717, 1.165) is 29.0 Å². The molecular weight excluding hydrogens is 410 g/mol. The van der Waals surface area contributed by atoms with Crippen molar-refractivity contribution in [3.63, 3.8) is 0 Å². The van der Waals surface area contributed by atoms with E-state index in [1.165, 1.54) is 12.1 Å². The normalized spacial score (nSPS) is 16.3. The van der Waals surface area contributed by atoms with Gasteiger partial charge >= 0.3 is 0 Å².